The maximum atomic E-state index is 13.3. The average Bonchev–Trinajstić information content (AvgIpc) is 2.75. The Kier molecular flexibility index (Phi) is 3.89. The third-order valence-corrected chi connectivity index (χ3v) is 3.33. The normalized spacial score (nSPS) is 23.9. The molecule has 1 fully saturated rings. The number of hydrogen-bond acceptors (Lipinski definition) is 3. The second kappa shape index (κ2) is 5.40. The van der Waals surface area contributed by atoms with Crippen molar-refractivity contribution in [1.82, 2.24) is 4.98 Å². The lowest BCUT2D eigenvalue weighted by Crippen LogP contribution is -2.23. The van der Waals surface area contributed by atoms with Crippen LogP contribution in [-0.2, 0) is 0 Å². The Balaban J connectivity index is 1.93. The van der Waals surface area contributed by atoms with Gasteiger partial charge in [0.2, 0.25) is 0 Å². The molecule has 94 valence electrons. The van der Waals surface area contributed by atoms with Crippen LogP contribution >= 0.6 is 0 Å². The fourth-order valence-electron chi connectivity index (χ4n) is 2.34. The molecule has 2 rings (SSSR count). The van der Waals surface area contributed by atoms with Crippen LogP contribution in [0.2, 0.25) is 0 Å². The molecule has 1 saturated carbocycles. The Morgan fingerprint density at radius 2 is 2.12 bits per heavy atom. The van der Waals surface area contributed by atoms with Gasteiger partial charge >= 0.3 is 0 Å². The number of ether oxygens (including phenoxy) is 1. The monoisotopic (exact) mass is 242 g/mol. The minimum absolute atomic E-state index is 0.130. The van der Waals surface area contributed by atoms with Gasteiger partial charge in [-0.05, 0) is 31.2 Å². The summed E-state index contributed by atoms with van der Waals surface area (Å²) in [6, 6.07) is 0.775. The van der Waals surface area contributed by atoms with Gasteiger partial charge in [0.15, 0.2) is 5.82 Å². The zero-order valence-corrected chi connectivity index (χ0v) is 9.53. The fourth-order valence-corrected chi connectivity index (χ4v) is 2.34. The molecule has 2 unspecified atom stereocenters. The highest BCUT2D eigenvalue weighted by molar-refractivity contribution is 5.14. The van der Waals surface area contributed by atoms with Crippen molar-refractivity contribution in [2.75, 3.05) is 13.2 Å². The molecule has 1 aliphatic rings. The summed E-state index contributed by atoms with van der Waals surface area (Å²) >= 11 is 0. The molecule has 0 radical (unpaired) electrons. The van der Waals surface area contributed by atoms with E-state index in [1.54, 1.807) is 0 Å². The SMILES string of the molecule is NCC1CCCC1COc1ncc(F)cc1F. The van der Waals surface area contributed by atoms with E-state index >= 15 is 0 Å². The smallest absolute Gasteiger partial charge is 0.250 e. The number of rotatable bonds is 4. The zero-order valence-electron chi connectivity index (χ0n) is 9.53. The second-order valence-electron chi connectivity index (χ2n) is 4.44. The first-order chi connectivity index (χ1) is 8.20. The molecule has 17 heavy (non-hydrogen) atoms. The Morgan fingerprint density at radius 3 is 2.82 bits per heavy atom. The zero-order chi connectivity index (χ0) is 12.3. The lowest BCUT2D eigenvalue weighted by molar-refractivity contribution is 0.202. The molecule has 0 amide bonds. The molecule has 3 nitrogen and oxygen atoms in total. The summed E-state index contributed by atoms with van der Waals surface area (Å²) in [4.78, 5) is 3.59. The van der Waals surface area contributed by atoms with E-state index < -0.39 is 11.6 Å². The van der Waals surface area contributed by atoms with Crippen molar-refractivity contribution in [2.45, 2.75) is 19.3 Å². The standard InChI is InChI=1S/C12H16F2N2O/c13-10-4-11(14)12(16-6-10)17-7-9-3-1-2-8(9)5-15/h4,6,8-9H,1-3,5,7,15H2. The first-order valence-electron chi connectivity index (χ1n) is 5.84. The molecule has 0 aliphatic heterocycles. The second-order valence-corrected chi connectivity index (χ2v) is 4.44. The van der Waals surface area contributed by atoms with Crippen LogP contribution in [0.15, 0.2) is 12.3 Å². The molecule has 5 heteroatoms. The van der Waals surface area contributed by atoms with Crippen LogP contribution in [0.3, 0.4) is 0 Å². The first-order valence-corrected chi connectivity index (χ1v) is 5.84. The Labute approximate surface area is 99.0 Å². The fraction of sp³-hybridized carbons (Fsp3) is 0.583. The summed E-state index contributed by atoms with van der Waals surface area (Å²) in [7, 11) is 0. The van der Waals surface area contributed by atoms with Crippen LogP contribution < -0.4 is 10.5 Å². The Morgan fingerprint density at radius 1 is 1.35 bits per heavy atom. The molecule has 0 bridgehead atoms. The van der Waals surface area contributed by atoms with Crippen LogP contribution in [-0.4, -0.2) is 18.1 Å². The average molecular weight is 242 g/mol. The maximum Gasteiger partial charge on any atom is 0.250 e. The topological polar surface area (TPSA) is 48.1 Å². The molecule has 0 saturated heterocycles. The van der Waals surface area contributed by atoms with Gasteiger partial charge in [0.05, 0.1) is 12.8 Å². The number of aromatic nitrogens is 1. The van der Waals surface area contributed by atoms with Gasteiger partial charge in [-0.15, -0.1) is 0 Å². The van der Waals surface area contributed by atoms with Crippen molar-refractivity contribution in [3.8, 4) is 5.88 Å². The molecule has 1 aromatic heterocycles. The summed E-state index contributed by atoms with van der Waals surface area (Å²) < 4.78 is 31.2. The highest BCUT2D eigenvalue weighted by Gasteiger charge is 2.26. The van der Waals surface area contributed by atoms with Crippen molar-refractivity contribution in [2.24, 2.45) is 17.6 Å². The van der Waals surface area contributed by atoms with Gasteiger partial charge in [-0.1, -0.05) is 6.42 Å². The number of nitrogens with zero attached hydrogens (tertiary/aromatic N) is 1. The number of pyridine rings is 1. The molecule has 2 atom stereocenters. The molecule has 1 heterocycles. The number of nitrogens with two attached hydrogens (primary N) is 1. The van der Waals surface area contributed by atoms with Gasteiger partial charge in [0.1, 0.15) is 5.82 Å². The summed E-state index contributed by atoms with van der Waals surface area (Å²) in [5, 5.41) is 0. The van der Waals surface area contributed by atoms with Gasteiger partial charge in [-0.3, -0.25) is 0 Å². The Bertz CT molecular complexity index is 387. The van der Waals surface area contributed by atoms with Gasteiger partial charge < -0.3 is 10.5 Å². The van der Waals surface area contributed by atoms with Crippen LogP contribution in [0, 0.1) is 23.5 Å². The molecule has 0 aromatic carbocycles. The summed E-state index contributed by atoms with van der Waals surface area (Å²) in [5.41, 5.74) is 5.65. The van der Waals surface area contributed by atoms with Gasteiger partial charge in [0, 0.05) is 6.07 Å². The third kappa shape index (κ3) is 2.91. The highest BCUT2D eigenvalue weighted by atomic mass is 19.1. The molecule has 1 aliphatic carbocycles. The predicted octanol–water partition coefficient (Wildman–Crippen LogP) is 2.11. The van der Waals surface area contributed by atoms with Crippen molar-refractivity contribution in [3.63, 3.8) is 0 Å². The lowest BCUT2D eigenvalue weighted by atomic mass is 9.97. The Hall–Kier alpha value is -1.23. The van der Waals surface area contributed by atoms with E-state index in [-0.39, 0.29) is 5.88 Å². The maximum absolute atomic E-state index is 13.3. The van der Waals surface area contributed by atoms with E-state index in [9.17, 15) is 8.78 Å². The van der Waals surface area contributed by atoms with E-state index in [2.05, 4.69) is 4.98 Å². The van der Waals surface area contributed by atoms with Crippen molar-refractivity contribution < 1.29 is 13.5 Å². The predicted molar refractivity (Wildman–Crippen MR) is 59.5 cm³/mol. The van der Waals surface area contributed by atoms with E-state index in [0.717, 1.165) is 31.5 Å². The molecule has 2 N–H and O–H groups in total. The molecule has 1 aromatic rings. The largest absolute Gasteiger partial charge is 0.475 e. The minimum Gasteiger partial charge on any atom is -0.475 e. The summed E-state index contributed by atoms with van der Waals surface area (Å²) in [6.07, 6.45) is 4.23. The van der Waals surface area contributed by atoms with E-state index in [4.69, 9.17) is 10.5 Å². The molecular formula is C12H16F2N2O. The van der Waals surface area contributed by atoms with Crippen LogP contribution in [0.4, 0.5) is 8.78 Å². The van der Waals surface area contributed by atoms with Crippen LogP contribution in [0.1, 0.15) is 19.3 Å². The van der Waals surface area contributed by atoms with E-state index in [0.29, 0.717) is 25.0 Å². The summed E-state index contributed by atoms with van der Waals surface area (Å²) in [6.45, 7) is 1.03. The quantitative estimate of drug-likeness (QED) is 0.879. The van der Waals surface area contributed by atoms with Crippen molar-refractivity contribution in [3.05, 3.63) is 23.9 Å². The van der Waals surface area contributed by atoms with E-state index in [1.165, 1.54) is 0 Å². The van der Waals surface area contributed by atoms with Gasteiger partial charge in [0.25, 0.3) is 5.88 Å². The number of hydrogen-bond donors (Lipinski definition) is 1. The van der Waals surface area contributed by atoms with Crippen LogP contribution in [0.5, 0.6) is 5.88 Å². The van der Waals surface area contributed by atoms with Gasteiger partial charge in [-0.25, -0.2) is 13.8 Å². The lowest BCUT2D eigenvalue weighted by Gasteiger charge is -2.17. The molecule has 0 spiro atoms. The third-order valence-electron chi connectivity index (χ3n) is 3.33. The van der Waals surface area contributed by atoms with Gasteiger partial charge in [-0.2, -0.15) is 0 Å². The van der Waals surface area contributed by atoms with Crippen molar-refractivity contribution in [1.29, 1.82) is 0 Å². The van der Waals surface area contributed by atoms with E-state index in [1.807, 2.05) is 0 Å². The van der Waals surface area contributed by atoms with Crippen molar-refractivity contribution >= 4 is 0 Å². The number of halogens is 2. The minimum atomic E-state index is -0.757. The first kappa shape index (κ1) is 12.2. The summed E-state index contributed by atoms with van der Waals surface area (Å²) in [5.74, 6) is -0.790. The molecular weight excluding hydrogens is 226 g/mol. The highest BCUT2D eigenvalue weighted by Crippen LogP contribution is 2.31. The van der Waals surface area contributed by atoms with Crippen LogP contribution in [0.25, 0.3) is 0 Å².